The van der Waals surface area contributed by atoms with Gasteiger partial charge in [0.2, 0.25) is 22.1 Å². The zero-order chi connectivity index (χ0) is 22.6. The van der Waals surface area contributed by atoms with E-state index in [4.69, 9.17) is 0 Å². The summed E-state index contributed by atoms with van der Waals surface area (Å²) in [7, 11) is 0. The largest absolute Gasteiger partial charge is 0.300 e. The van der Waals surface area contributed by atoms with Gasteiger partial charge in [-0.1, -0.05) is 53.0 Å². The van der Waals surface area contributed by atoms with E-state index in [0.29, 0.717) is 16.2 Å². The van der Waals surface area contributed by atoms with Crippen LogP contribution in [-0.2, 0) is 22.4 Å². The number of hydrogen-bond acceptors (Lipinski definition) is 9. The first kappa shape index (κ1) is 22.4. The predicted molar refractivity (Wildman–Crippen MR) is 132 cm³/mol. The number of aromatic nitrogens is 4. The lowest BCUT2D eigenvalue weighted by atomic mass is 10.1. The highest BCUT2D eigenvalue weighted by atomic mass is 32.2. The highest BCUT2D eigenvalue weighted by Gasteiger charge is 2.44. The van der Waals surface area contributed by atoms with Crippen molar-refractivity contribution in [1.82, 2.24) is 20.4 Å². The molecule has 33 heavy (non-hydrogen) atoms. The van der Waals surface area contributed by atoms with Crippen molar-refractivity contribution >= 4 is 56.5 Å². The van der Waals surface area contributed by atoms with Gasteiger partial charge in [0.1, 0.15) is 10.0 Å². The van der Waals surface area contributed by atoms with Crippen molar-refractivity contribution in [2.75, 3.05) is 22.1 Å². The molecule has 3 aromatic rings. The van der Waals surface area contributed by atoms with E-state index >= 15 is 0 Å². The van der Waals surface area contributed by atoms with Gasteiger partial charge in [-0.05, 0) is 42.2 Å². The van der Waals surface area contributed by atoms with Gasteiger partial charge in [-0.3, -0.25) is 9.59 Å². The fourth-order valence-electron chi connectivity index (χ4n) is 3.54. The maximum Gasteiger partial charge on any atom is 0.229 e. The van der Waals surface area contributed by atoms with E-state index in [-0.39, 0.29) is 23.7 Å². The topological polar surface area (TPSA) is 110 Å². The van der Waals surface area contributed by atoms with Crippen LogP contribution in [0, 0.1) is 11.8 Å². The summed E-state index contributed by atoms with van der Waals surface area (Å²) in [5, 5.41) is 25.4. The molecule has 0 radical (unpaired) electrons. The molecule has 2 heterocycles. The van der Waals surface area contributed by atoms with Crippen molar-refractivity contribution in [2.45, 2.75) is 38.0 Å². The SMILES string of the molecule is O=C(Nc1nnc(CCSCCc2nnc(NC(=O)C3C[C@@H]3c3ccccc3)s2)s1)C1CC1. The van der Waals surface area contributed by atoms with Crippen LogP contribution in [-0.4, -0.2) is 43.7 Å². The van der Waals surface area contributed by atoms with Crippen LogP contribution in [0.5, 0.6) is 0 Å². The number of hydrogen-bond donors (Lipinski definition) is 2. The minimum absolute atomic E-state index is 0.0261. The van der Waals surface area contributed by atoms with Gasteiger partial charge in [0.25, 0.3) is 0 Å². The second-order valence-corrected chi connectivity index (χ2v) is 11.6. The van der Waals surface area contributed by atoms with E-state index in [9.17, 15) is 9.59 Å². The molecule has 1 unspecified atom stereocenters. The molecular formula is C22H24N6O2S3. The predicted octanol–water partition coefficient (Wildman–Crippen LogP) is 4.00. The third-order valence-electron chi connectivity index (χ3n) is 5.62. The van der Waals surface area contributed by atoms with Crippen LogP contribution in [0.25, 0.3) is 0 Å². The number of nitrogens with zero attached hydrogens (tertiary/aromatic N) is 4. The maximum atomic E-state index is 12.5. The Morgan fingerprint density at radius 3 is 2.09 bits per heavy atom. The van der Waals surface area contributed by atoms with Crippen LogP contribution in [0.2, 0.25) is 0 Å². The lowest BCUT2D eigenvalue weighted by molar-refractivity contribution is -0.118. The van der Waals surface area contributed by atoms with E-state index < -0.39 is 0 Å². The highest BCUT2D eigenvalue weighted by Crippen LogP contribution is 2.47. The van der Waals surface area contributed by atoms with Crippen molar-refractivity contribution in [3.05, 3.63) is 45.9 Å². The van der Waals surface area contributed by atoms with Crippen LogP contribution < -0.4 is 10.6 Å². The number of rotatable bonds is 11. The van der Waals surface area contributed by atoms with Crippen LogP contribution in [0.1, 0.15) is 40.8 Å². The van der Waals surface area contributed by atoms with E-state index in [0.717, 1.165) is 53.6 Å². The van der Waals surface area contributed by atoms with Crippen LogP contribution in [0.4, 0.5) is 10.3 Å². The summed E-state index contributed by atoms with van der Waals surface area (Å²) in [6.45, 7) is 0. The van der Waals surface area contributed by atoms with Crippen LogP contribution in [0.15, 0.2) is 30.3 Å². The summed E-state index contributed by atoms with van der Waals surface area (Å²) in [5.41, 5.74) is 1.22. The monoisotopic (exact) mass is 500 g/mol. The third-order valence-corrected chi connectivity index (χ3v) is 8.40. The smallest absolute Gasteiger partial charge is 0.229 e. The van der Waals surface area contributed by atoms with Gasteiger partial charge in [-0.2, -0.15) is 11.8 Å². The van der Waals surface area contributed by atoms with Crippen molar-refractivity contribution in [1.29, 1.82) is 0 Å². The minimum Gasteiger partial charge on any atom is -0.300 e. The molecule has 2 aliphatic rings. The number of carbonyl (C=O) groups excluding carboxylic acids is 2. The Bertz CT molecular complexity index is 1110. The third kappa shape index (κ3) is 6.15. The second kappa shape index (κ2) is 10.3. The Labute approximate surface area is 204 Å². The zero-order valence-corrected chi connectivity index (χ0v) is 20.3. The van der Waals surface area contributed by atoms with Gasteiger partial charge in [0.15, 0.2) is 0 Å². The Morgan fingerprint density at radius 2 is 1.48 bits per heavy atom. The van der Waals surface area contributed by atoms with Gasteiger partial charge in [0, 0.05) is 24.7 Å². The molecule has 0 bridgehead atoms. The molecule has 11 heteroatoms. The van der Waals surface area contributed by atoms with Crippen molar-refractivity contribution in [3.8, 4) is 0 Å². The lowest BCUT2D eigenvalue weighted by Gasteiger charge is -2.01. The zero-order valence-electron chi connectivity index (χ0n) is 17.9. The summed E-state index contributed by atoms with van der Waals surface area (Å²) in [4.78, 5) is 24.3. The quantitative estimate of drug-likeness (QED) is 0.383. The normalized spacial score (nSPS) is 19.3. The second-order valence-electron chi connectivity index (χ2n) is 8.23. The molecule has 0 saturated heterocycles. The summed E-state index contributed by atoms with van der Waals surface area (Å²) in [5.74, 6) is 2.45. The Kier molecular flexibility index (Phi) is 6.98. The summed E-state index contributed by atoms with van der Waals surface area (Å²) >= 11 is 4.71. The van der Waals surface area contributed by atoms with Crippen molar-refractivity contribution in [3.63, 3.8) is 0 Å². The number of carbonyl (C=O) groups is 2. The van der Waals surface area contributed by atoms with Crippen molar-refractivity contribution in [2.24, 2.45) is 11.8 Å². The van der Waals surface area contributed by atoms with E-state index in [1.807, 2.05) is 30.0 Å². The fourth-order valence-corrected chi connectivity index (χ4v) is 6.16. The van der Waals surface area contributed by atoms with Crippen LogP contribution in [0.3, 0.4) is 0 Å². The highest BCUT2D eigenvalue weighted by molar-refractivity contribution is 7.99. The molecule has 5 rings (SSSR count). The standard InChI is InChI=1S/C22H24N6O2S3/c29-19(14-6-7-14)23-21-27-25-17(32-21)8-10-31-11-9-18-26-28-22(33-18)24-20(30)16-12-15(16)13-4-2-1-3-5-13/h1-5,14-16H,6-12H2,(H,23,27,29)(H,24,28,30)/t15-,16?/m1/s1. The average molecular weight is 501 g/mol. The Hall–Kier alpha value is -2.37. The number of thioether (sulfide) groups is 1. The molecule has 2 saturated carbocycles. The fraction of sp³-hybridized carbons (Fsp3) is 0.455. The number of anilines is 2. The molecule has 0 spiro atoms. The van der Waals surface area contributed by atoms with Gasteiger partial charge < -0.3 is 10.6 Å². The molecule has 2 aromatic heterocycles. The molecule has 2 amide bonds. The molecule has 2 N–H and O–H groups in total. The summed E-state index contributed by atoms with van der Waals surface area (Å²) in [6.07, 6.45) is 4.48. The first-order valence-corrected chi connectivity index (χ1v) is 13.8. The molecule has 0 aliphatic heterocycles. The number of amides is 2. The molecular weight excluding hydrogens is 476 g/mol. The van der Waals surface area contributed by atoms with Crippen molar-refractivity contribution < 1.29 is 9.59 Å². The first-order valence-electron chi connectivity index (χ1n) is 11.0. The molecule has 2 atom stereocenters. The summed E-state index contributed by atoms with van der Waals surface area (Å²) < 4.78 is 0. The number of benzene rings is 1. The van der Waals surface area contributed by atoms with Gasteiger partial charge in [0.05, 0.1) is 0 Å². The van der Waals surface area contributed by atoms with Gasteiger partial charge >= 0.3 is 0 Å². The molecule has 2 aliphatic carbocycles. The molecule has 2 fully saturated rings. The van der Waals surface area contributed by atoms with Gasteiger partial charge in [-0.25, -0.2) is 0 Å². The van der Waals surface area contributed by atoms with Gasteiger partial charge in [-0.15, -0.1) is 20.4 Å². The van der Waals surface area contributed by atoms with Crippen LogP contribution >= 0.6 is 34.4 Å². The number of aryl methyl sites for hydroxylation is 2. The first-order chi connectivity index (χ1) is 16.2. The molecule has 172 valence electrons. The van der Waals surface area contributed by atoms with E-state index in [2.05, 4.69) is 43.2 Å². The number of nitrogens with one attached hydrogen (secondary N) is 2. The summed E-state index contributed by atoms with van der Waals surface area (Å²) in [6, 6.07) is 10.2. The Balaban J connectivity index is 0.985. The lowest BCUT2D eigenvalue weighted by Crippen LogP contribution is -2.14. The average Bonchev–Trinajstić information content (AvgIpc) is 3.74. The Morgan fingerprint density at radius 1 is 0.879 bits per heavy atom. The molecule has 1 aromatic carbocycles. The van der Waals surface area contributed by atoms with E-state index in [1.54, 1.807) is 0 Å². The molecule has 8 nitrogen and oxygen atoms in total. The van der Waals surface area contributed by atoms with E-state index in [1.165, 1.54) is 28.2 Å². The minimum atomic E-state index is 0.0261. The maximum absolute atomic E-state index is 12.5.